The van der Waals surface area contributed by atoms with Gasteiger partial charge in [-0.15, -0.1) is 12.4 Å². The maximum absolute atomic E-state index is 13.7. The number of hydrogen-bond donors (Lipinski definition) is 2. The van der Waals surface area contributed by atoms with Crippen molar-refractivity contribution in [2.75, 3.05) is 31.1 Å². The fraction of sp³-hybridized carbons (Fsp3) is 0.516. The molecule has 39 heavy (non-hydrogen) atoms. The minimum absolute atomic E-state index is 0. The van der Waals surface area contributed by atoms with Gasteiger partial charge in [-0.25, -0.2) is 0 Å². The number of fused-ring (bicyclic) bond motifs is 1. The molecule has 0 spiro atoms. The molecule has 0 radical (unpaired) electrons. The molecule has 8 heteroatoms. The third-order valence-corrected chi connectivity index (χ3v) is 8.58. The second-order valence-corrected chi connectivity index (χ2v) is 11.5. The molecule has 7 nitrogen and oxygen atoms in total. The summed E-state index contributed by atoms with van der Waals surface area (Å²) in [6.45, 7) is 6.76. The lowest BCUT2D eigenvalue weighted by Crippen LogP contribution is -2.55. The van der Waals surface area contributed by atoms with Crippen LogP contribution in [0.3, 0.4) is 0 Å². The normalized spacial score (nSPS) is 21.6. The molecular formula is C31H41ClN4O3. The number of para-hydroxylation sites is 1. The van der Waals surface area contributed by atoms with Gasteiger partial charge < -0.3 is 20.4 Å². The Morgan fingerprint density at radius 3 is 2.41 bits per heavy atom. The van der Waals surface area contributed by atoms with E-state index in [1.807, 2.05) is 66.1 Å². The Morgan fingerprint density at radius 1 is 1.03 bits per heavy atom. The van der Waals surface area contributed by atoms with Crippen LogP contribution in [0.5, 0.6) is 0 Å². The number of likely N-dealkylation sites (tertiary alicyclic amines) is 1. The van der Waals surface area contributed by atoms with Crippen molar-refractivity contribution in [3.63, 3.8) is 0 Å². The molecule has 3 amide bonds. The van der Waals surface area contributed by atoms with Gasteiger partial charge in [0.05, 0.1) is 11.3 Å². The monoisotopic (exact) mass is 552 g/mol. The molecule has 0 aliphatic carbocycles. The molecule has 2 atom stereocenters. The van der Waals surface area contributed by atoms with Crippen LogP contribution >= 0.6 is 12.4 Å². The molecule has 0 saturated carbocycles. The molecule has 3 aliphatic rings. The van der Waals surface area contributed by atoms with Crippen molar-refractivity contribution >= 4 is 35.8 Å². The van der Waals surface area contributed by atoms with Crippen molar-refractivity contribution in [1.82, 2.24) is 15.5 Å². The largest absolute Gasteiger partial charge is 0.344 e. The third kappa shape index (κ3) is 6.15. The number of nitrogens with one attached hydrogen (secondary N) is 2. The summed E-state index contributed by atoms with van der Waals surface area (Å²) in [7, 11) is 0. The van der Waals surface area contributed by atoms with Crippen LogP contribution in [0.2, 0.25) is 0 Å². The Kier molecular flexibility index (Phi) is 9.34. The highest BCUT2D eigenvalue weighted by Gasteiger charge is 2.47. The Labute approximate surface area is 238 Å². The number of carbonyl (C=O) groups excluding carboxylic acids is 3. The minimum Gasteiger partial charge on any atom is -0.344 e. The van der Waals surface area contributed by atoms with E-state index < -0.39 is 11.5 Å². The van der Waals surface area contributed by atoms with Gasteiger partial charge in [-0.1, -0.05) is 48.5 Å². The van der Waals surface area contributed by atoms with E-state index in [2.05, 4.69) is 22.8 Å². The summed E-state index contributed by atoms with van der Waals surface area (Å²) in [6, 6.07) is 17.7. The van der Waals surface area contributed by atoms with Gasteiger partial charge >= 0.3 is 0 Å². The third-order valence-electron chi connectivity index (χ3n) is 8.58. The number of anilines is 1. The molecule has 2 fully saturated rings. The zero-order valence-corrected chi connectivity index (χ0v) is 23.8. The van der Waals surface area contributed by atoms with E-state index >= 15 is 0 Å². The number of rotatable bonds is 7. The molecule has 5 rings (SSSR count). The van der Waals surface area contributed by atoms with Crippen LogP contribution in [0.4, 0.5) is 5.69 Å². The highest BCUT2D eigenvalue weighted by Crippen LogP contribution is 2.43. The van der Waals surface area contributed by atoms with Crippen LogP contribution in [0, 0.1) is 5.92 Å². The summed E-state index contributed by atoms with van der Waals surface area (Å²) in [5.41, 5.74) is 2.70. The molecular weight excluding hydrogens is 512 g/mol. The van der Waals surface area contributed by atoms with Crippen LogP contribution in [-0.4, -0.2) is 60.9 Å². The molecule has 1 unspecified atom stereocenters. The van der Waals surface area contributed by atoms with Crippen LogP contribution < -0.4 is 15.5 Å². The number of piperidine rings is 2. The van der Waals surface area contributed by atoms with Crippen LogP contribution in [0.1, 0.15) is 57.1 Å². The van der Waals surface area contributed by atoms with E-state index in [1.165, 1.54) is 0 Å². The standard InChI is InChI=1S/C31H40N4O3.ClH/c1-31(2)25-12-6-7-13-27(25)35(30(31)38)24-16-19-34(20-17-24)29(37)26(15-14-22-9-4-3-5-10-22)33-28(36)23-11-8-18-32-21-23;/h3-7,9-10,12-13,23-24,26,32H,8,11,14-21H2,1-2H3,(H,33,36);1H/t23-,26?;/m1./s1. The molecule has 3 heterocycles. The molecule has 2 aromatic rings. The van der Waals surface area contributed by atoms with Gasteiger partial charge in [-0.3, -0.25) is 14.4 Å². The van der Waals surface area contributed by atoms with Gasteiger partial charge in [0.25, 0.3) is 0 Å². The maximum atomic E-state index is 13.7. The lowest BCUT2D eigenvalue weighted by molar-refractivity contribution is -0.138. The smallest absolute Gasteiger partial charge is 0.245 e. The number of amides is 3. The van der Waals surface area contributed by atoms with E-state index in [4.69, 9.17) is 0 Å². The van der Waals surface area contributed by atoms with E-state index in [1.54, 1.807) is 0 Å². The second-order valence-electron chi connectivity index (χ2n) is 11.5. The first-order valence-corrected chi connectivity index (χ1v) is 14.1. The number of aryl methyl sites for hydroxylation is 1. The molecule has 0 aromatic heterocycles. The fourth-order valence-corrected chi connectivity index (χ4v) is 6.24. The number of halogens is 1. The molecule has 0 bridgehead atoms. The van der Waals surface area contributed by atoms with Gasteiger partial charge in [-0.2, -0.15) is 0 Å². The lowest BCUT2D eigenvalue weighted by Gasteiger charge is -2.39. The van der Waals surface area contributed by atoms with E-state index in [-0.39, 0.29) is 42.1 Å². The Balaban J connectivity index is 0.00000353. The molecule has 210 valence electrons. The summed E-state index contributed by atoms with van der Waals surface area (Å²) >= 11 is 0. The predicted octanol–water partition coefficient (Wildman–Crippen LogP) is 3.84. The first-order chi connectivity index (χ1) is 18.4. The Hall–Kier alpha value is -2.90. The van der Waals surface area contributed by atoms with E-state index in [0.29, 0.717) is 26.1 Å². The van der Waals surface area contributed by atoms with Gasteiger partial charge in [-0.05, 0) is 76.1 Å². The summed E-state index contributed by atoms with van der Waals surface area (Å²) in [6.07, 6.45) is 4.59. The van der Waals surface area contributed by atoms with Crippen molar-refractivity contribution in [2.45, 2.75) is 69.9 Å². The van der Waals surface area contributed by atoms with Crippen molar-refractivity contribution in [1.29, 1.82) is 0 Å². The van der Waals surface area contributed by atoms with Crippen LogP contribution in [-0.2, 0) is 26.2 Å². The number of benzene rings is 2. The maximum Gasteiger partial charge on any atom is 0.245 e. The highest BCUT2D eigenvalue weighted by atomic mass is 35.5. The Morgan fingerprint density at radius 2 is 1.72 bits per heavy atom. The Bertz CT molecular complexity index is 1160. The first-order valence-electron chi connectivity index (χ1n) is 14.1. The summed E-state index contributed by atoms with van der Waals surface area (Å²) in [5.74, 6) is 0.00802. The van der Waals surface area contributed by atoms with Gasteiger partial charge in [0.1, 0.15) is 6.04 Å². The fourth-order valence-electron chi connectivity index (χ4n) is 6.24. The van der Waals surface area contributed by atoms with Gasteiger partial charge in [0, 0.05) is 31.4 Å². The number of nitrogens with zero attached hydrogens (tertiary/aromatic N) is 2. The minimum atomic E-state index is -0.547. The summed E-state index contributed by atoms with van der Waals surface area (Å²) in [4.78, 5) is 44.1. The van der Waals surface area contributed by atoms with E-state index in [9.17, 15) is 14.4 Å². The number of hydrogen-bond acceptors (Lipinski definition) is 4. The van der Waals surface area contributed by atoms with Crippen LogP contribution in [0.25, 0.3) is 0 Å². The highest BCUT2D eigenvalue weighted by molar-refractivity contribution is 6.08. The van der Waals surface area contributed by atoms with E-state index in [0.717, 1.165) is 55.5 Å². The topological polar surface area (TPSA) is 81.8 Å². The average Bonchev–Trinajstić information content (AvgIpc) is 3.16. The SMILES string of the molecule is CC1(C)C(=O)N(C2CCN(C(=O)C(CCc3ccccc3)NC(=O)[C@@H]3CCCNC3)CC2)c2ccccc21.Cl. The van der Waals surface area contributed by atoms with Gasteiger partial charge in [0.2, 0.25) is 17.7 Å². The summed E-state index contributed by atoms with van der Waals surface area (Å²) < 4.78 is 0. The second kappa shape index (κ2) is 12.5. The van der Waals surface area contributed by atoms with Crippen LogP contribution in [0.15, 0.2) is 54.6 Å². The molecule has 2 N–H and O–H groups in total. The van der Waals surface area contributed by atoms with Crippen molar-refractivity contribution in [2.24, 2.45) is 5.92 Å². The lowest BCUT2D eigenvalue weighted by atomic mass is 9.86. The zero-order chi connectivity index (χ0) is 26.7. The molecule has 2 saturated heterocycles. The quantitative estimate of drug-likeness (QED) is 0.547. The predicted molar refractivity (Wildman–Crippen MR) is 156 cm³/mol. The first kappa shape index (κ1) is 29.1. The molecule has 3 aliphatic heterocycles. The van der Waals surface area contributed by atoms with Gasteiger partial charge in [0.15, 0.2) is 0 Å². The molecule has 2 aromatic carbocycles. The van der Waals surface area contributed by atoms with Crippen molar-refractivity contribution in [3.8, 4) is 0 Å². The summed E-state index contributed by atoms with van der Waals surface area (Å²) in [5, 5.41) is 6.42. The van der Waals surface area contributed by atoms with Crippen molar-refractivity contribution in [3.05, 3.63) is 65.7 Å². The number of carbonyl (C=O) groups is 3. The van der Waals surface area contributed by atoms with Crippen molar-refractivity contribution < 1.29 is 14.4 Å². The average molecular weight is 553 g/mol. The zero-order valence-electron chi connectivity index (χ0n) is 23.0.